The minimum Gasteiger partial charge on any atom is -0.465 e. The molecule has 0 radical (unpaired) electrons. The van der Waals surface area contributed by atoms with Gasteiger partial charge in [-0.1, -0.05) is 31.0 Å². The lowest BCUT2D eigenvalue weighted by atomic mass is 10.2. The minimum absolute atomic E-state index is 0.0619. The quantitative estimate of drug-likeness (QED) is 0.588. The number of carbonyl (C=O) groups excluding carboxylic acids is 1. The molecular weight excluding hydrogens is 248 g/mol. The van der Waals surface area contributed by atoms with Crippen LogP contribution in [0.15, 0.2) is 23.1 Å². The second-order valence-electron chi connectivity index (χ2n) is 4.33. The Bertz CT molecular complexity index is 441. The zero-order valence-corrected chi connectivity index (χ0v) is 12.0. The number of esters is 1. The van der Waals surface area contributed by atoms with Gasteiger partial charge in [-0.15, -0.1) is 0 Å². The van der Waals surface area contributed by atoms with Crippen molar-refractivity contribution >= 4 is 16.8 Å². The van der Waals surface area contributed by atoms with Gasteiger partial charge in [0, 0.05) is 4.90 Å². The van der Waals surface area contributed by atoms with Gasteiger partial charge in [-0.3, -0.25) is 9.00 Å². The van der Waals surface area contributed by atoms with Crippen molar-refractivity contribution in [3.05, 3.63) is 29.3 Å². The third-order valence-corrected chi connectivity index (χ3v) is 4.03. The predicted molar refractivity (Wildman–Crippen MR) is 73.1 cm³/mol. The van der Waals surface area contributed by atoms with Crippen LogP contribution in [0.3, 0.4) is 0 Å². The van der Waals surface area contributed by atoms with Gasteiger partial charge in [-0.25, -0.2) is 0 Å². The van der Waals surface area contributed by atoms with Crippen molar-refractivity contribution < 1.29 is 13.7 Å². The van der Waals surface area contributed by atoms with Crippen LogP contribution in [0.5, 0.6) is 0 Å². The van der Waals surface area contributed by atoms with Crippen LogP contribution < -0.4 is 0 Å². The largest absolute Gasteiger partial charge is 0.465 e. The summed E-state index contributed by atoms with van der Waals surface area (Å²) in [6.45, 7) is 6.34. The summed E-state index contributed by atoms with van der Waals surface area (Å²) in [4.78, 5) is 12.2. The molecule has 0 aliphatic carbocycles. The fourth-order valence-electron chi connectivity index (χ4n) is 1.61. The molecule has 0 saturated heterocycles. The van der Waals surface area contributed by atoms with Gasteiger partial charge in [0.1, 0.15) is 5.75 Å². The van der Waals surface area contributed by atoms with Crippen LogP contribution in [-0.2, 0) is 20.3 Å². The zero-order chi connectivity index (χ0) is 13.5. The topological polar surface area (TPSA) is 43.4 Å². The Kier molecular flexibility index (Phi) is 6.05. The monoisotopic (exact) mass is 268 g/mol. The van der Waals surface area contributed by atoms with E-state index < -0.39 is 10.8 Å². The van der Waals surface area contributed by atoms with E-state index >= 15 is 0 Å². The number of unbranched alkanes of at least 4 members (excludes halogenated alkanes) is 1. The van der Waals surface area contributed by atoms with Gasteiger partial charge in [0.05, 0.1) is 17.4 Å². The van der Waals surface area contributed by atoms with Gasteiger partial charge in [0.2, 0.25) is 0 Å². The summed E-state index contributed by atoms with van der Waals surface area (Å²) < 4.78 is 17.0. The second kappa shape index (κ2) is 7.31. The number of benzene rings is 1. The van der Waals surface area contributed by atoms with E-state index in [9.17, 15) is 9.00 Å². The third kappa shape index (κ3) is 4.61. The SMILES string of the molecule is CCCCOC(=O)CS(=O)c1ccc(C)cc1C. The summed E-state index contributed by atoms with van der Waals surface area (Å²) in [5, 5.41) is 0. The first-order chi connectivity index (χ1) is 8.54. The van der Waals surface area contributed by atoms with Crippen LogP contribution in [-0.4, -0.2) is 22.5 Å². The van der Waals surface area contributed by atoms with Gasteiger partial charge in [-0.2, -0.15) is 0 Å². The predicted octanol–water partition coefficient (Wildman–Crippen LogP) is 2.75. The normalized spacial score (nSPS) is 12.2. The number of aryl methyl sites for hydroxylation is 2. The van der Waals surface area contributed by atoms with Gasteiger partial charge in [-0.05, 0) is 31.9 Å². The van der Waals surface area contributed by atoms with E-state index in [4.69, 9.17) is 4.74 Å². The summed E-state index contributed by atoms with van der Waals surface area (Å²) in [6, 6.07) is 5.69. The molecule has 0 spiro atoms. The van der Waals surface area contributed by atoms with Gasteiger partial charge >= 0.3 is 5.97 Å². The van der Waals surface area contributed by atoms with Crippen LogP contribution >= 0.6 is 0 Å². The lowest BCUT2D eigenvalue weighted by Gasteiger charge is -2.07. The average molecular weight is 268 g/mol. The van der Waals surface area contributed by atoms with Crippen LogP contribution in [0.2, 0.25) is 0 Å². The first-order valence-corrected chi connectivity index (χ1v) is 7.47. The first-order valence-electron chi connectivity index (χ1n) is 6.16. The van der Waals surface area contributed by atoms with Crippen molar-refractivity contribution in [1.82, 2.24) is 0 Å². The molecule has 4 heteroatoms. The smallest absolute Gasteiger partial charge is 0.318 e. The van der Waals surface area contributed by atoms with Crippen molar-refractivity contribution in [2.45, 2.75) is 38.5 Å². The molecule has 0 aliphatic heterocycles. The molecule has 1 unspecified atom stereocenters. The highest BCUT2D eigenvalue weighted by Crippen LogP contribution is 2.15. The van der Waals surface area contributed by atoms with Gasteiger partial charge in [0.15, 0.2) is 0 Å². The molecule has 0 bridgehead atoms. The van der Waals surface area contributed by atoms with Crippen molar-refractivity contribution in [3.63, 3.8) is 0 Å². The first kappa shape index (κ1) is 14.9. The van der Waals surface area contributed by atoms with Crippen LogP contribution in [0.25, 0.3) is 0 Å². The molecule has 0 aromatic heterocycles. The Balaban J connectivity index is 2.57. The number of carbonyl (C=O) groups is 1. The Labute approximate surface area is 111 Å². The number of hydrogen-bond donors (Lipinski definition) is 0. The van der Waals surface area contributed by atoms with E-state index in [0.29, 0.717) is 11.5 Å². The Morgan fingerprint density at radius 2 is 2.06 bits per heavy atom. The highest BCUT2D eigenvalue weighted by molar-refractivity contribution is 7.85. The van der Waals surface area contributed by atoms with E-state index in [2.05, 4.69) is 0 Å². The molecular formula is C14H20O3S. The van der Waals surface area contributed by atoms with E-state index in [1.807, 2.05) is 39.0 Å². The highest BCUT2D eigenvalue weighted by atomic mass is 32.2. The summed E-state index contributed by atoms with van der Waals surface area (Å²) in [5.41, 5.74) is 2.08. The maximum atomic E-state index is 12.0. The summed E-state index contributed by atoms with van der Waals surface area (Å²) in [7, 11) is -1.31. The fourth-order valence-corrected chi connectivity index (χ4v) is 2.70. The molecule has 1 aromatic carbocycles. The molecule has 1 aromatic rings. The minimum atomic E-state index is -1.31. The average Bonchev–Trinajstić information content (AvgIpc) is 2.28. The number of ether oxygens (including phenoxy) is 1. The molecule has 18 heavy (non-hydrogen) atoms. The summed E-state index contributed by atoms with van der Waals surface area (Å²) >= 11 is 0. The lowest BCUT2D eigenvalue weighted by Crippen LogP contribution is -2.15. The maximum Gasteiger partial charge on any atom is 0.318 e. The summed E-state index contributed by atoms with van der Waals surface area (Å²) in [5.74, 6) is -0.449. The molecule has 100 valence electrons. The van der Waals surface area contributed by atoms with Crippen molar-refractivity contribution in [2.75, 3.05) is 12.4 Å². The molecule has 1 atom stereocenters. The molecule has 0 fully saturated rings. The van der Waals surface area contributed by atoms with E-state index in [-0.39, 0.29) is 11.7 Å². The van der Waals surface area contributed by atoms with Crippen LogP contribution in [0.1, 0.15) is 30.9 Å². The summed E-state index contributed by atoms with van der Waals surface area (Å²) in [6.07, 6.45) is 1.83. The maximum absolute atomic E-state index is 12.0. The number of rotatable bonds is 6. The standard InChI is InChI=1S/C14H20O3S/c1-4-5-8-17-14(15)10-18(16)13-7-6-11(2)9-12(13)3/h6-7,9H,4-5,8,10H2,1-3H3. The van der Waals surface area contributed by atoms with Gasteiger partial charge < -0.3 is 4.74 Å². The molecule has 0 aliphatic rings. The Hall–Kier alpha value is -1.16. The molecule has 0 amide bonds. The third-order valence-electron chi connectivity index (χ3n) is 2.59. The molecule has 1 rings (SSSR count). The lowest BCUT2D eigenvalue weighted by molar-refractivity contribution is -0.140. The van der Waals surface area contributed by atoms with Crippen LogP contribution in [0.4, 0.5) is 0 Å². The highest BCUT2D eigenvalue weighted by Gasteiger charge is 2.13. The van der Waals surface area contributed by atoms with E-state index in [1.165, 1.54) is 0 Å². The van der Waals surface area contributed by atoms with E-state index in [0.717, 1.165) is 24.0 Å². The molecule has 0 N–H and O–H groups in total. The van der Waals surface area contributed by atoms with Crippen molar-refractivity contribution in [3.8, 4) is 0 Å². The fraction of sp³-hybridized carbons (Fsp3) is 0.500. The molecule has 3 nitrogen and oxygen atoms in total. The second-order valence-corrected chi connectivity index (χ2v) is 5.75. The van der Waals surface area contributed by atoms with Crippen molar-refractivity contribution in [1.29, 1.82) is 0 Å². The molecule has 0 heterocycles. The van der Waals surface area contributed by atoms with Crippen molar-refractivity contribution in [2.24, 2.45) is 0 Å². The Morgan fingerprint density at radius 1 is 1.33 bits per heavy atom. The number of hydrogen-bond acceptors (Lipinski definition) is 3. The van der Waals surface area contributed by atoms with E-state index in [1.54, 1.807) is 0 Å². The van der Waals surface area contributed by atoms with Crippen LogP contribution in [0, 0.1) is 13.8 Å². The zero-order valence-electron chi connectivity index (χ0n) is 11.2. The molecule has 0 saturated carbocycles. The van der Waals surface area contributed by atoms with Gasteiger partial charge in [0.25, 0.3) is 0 Å². The Morgan fingerprint density at radius 3 is 2.67 bits per heavy atom.